The first kappa shape index (κ1) is 17.5. The van der Waals surface area contributed by atoms with Crippen molar-refractivity contribution in [1.29, 1.82) is 0 Å². The maximum Gasteiger partial charge on any atom is 0.416 e. The highest BCUT2D eigenvalue weighted by atomic mass is 19.4. The third kappa shape index (κ3) is 5.09. The van der Waals surface area contributed by atoms with Crippen LogP contribution in [0.3, 0.4) is 0 Å². The van der Waals surface area contributed by atoms with Crippen LogP contribution >= 0.6 is 0 Å². The number of rotatable bonds is 7. The number of benzene rings is 1. The number of alkyl halides is 3. The Balaban J connectivity index is 1.55. The molecule has 1 N–H and O–H groups in total. The lowest BCUT2D eigenvalue weighted by molar-refractivity contribution is -0.137. The number of carbonyl (C=O) groups excluding carboxylic acids is 1. The average molecular weight is 352 g/mol. The lowest BCUT2D eigenvalue weighted by Gasteiger charge is -2.21. The first-order valence-corrected chi connectivity index (χ1v) is 8.11. The van der Waals surface area contributed by atoms with Crippen molar-refractivity contribution in [2.75, 3.05) is 6.54 Å². The summed E-state index contributed by atoms with van der Waals surface area (Å²) >= 11 is 0. The molecule has 0 aliphatic heterocycles. The molecule has 0 atom stereocenters. The molecule has 1 fully saturated rings. The maximum absolute atomic E-state index is 12.6. The largest absolute Gasteiger partial charge is 0.467 e. The molecule has 1 aromatic heterocycles. The minimum Gasteiger partial charge on any atom is -0.467 e. The van der Waals surface area contributed by atoms with Crippen molar-refractivity contribution in [3.8, 4) is 0 Å². The molecule has 7 heteroatoms. The predicted octanol–water partition coefficient (Wildman–Crippen LogP) is 3.58. The molecule has 3 rings (SSSR count). The quantitative estimate of drug-likeness (QED) is 0.828. The zero-order valence-electron chi connectivity index (χ0n) is 13.6. The van der Waals surface area contributed by atoms with Crippen LogP contribution in [0.1, 0.15) is 29.7 Å². The summed E-state index contributed by atoms with van der Waals surface area (Å²) in [5.74, 6) is 0.546. The van der Waals surface area contributed by atoms with Crippen LogP contribution in [0.15, 0.2) is 47.1 Å². The van der Waals surface area contributed by atoms with E-state index in [1.165, 1.54) is 12.1 Å². The molecule has 1 amide bonds. The highest BCUT2D eigenvalue weighted by Gasteiger charge is 2.32. The van der Waals surface area contributed by atoms with Crippen LogP contribution in [-0.4, -0.2) is 23.4 Å². The van der Waals surface area contributed by atoms with E-state index in [-0.39, 0.29) is 12.5 Å². The minimum atomic E-state index is -4.33. The number of halogens is 3. The predicted molar refractivity (Wildman–Crippen MR) is 85.4 cm³/mol. The second-order valence-corrected chi connectivity index (χ2v) is 6.19. The Labute approximate surface area is 143 Å². The normalized spacial score (nSPS) is 14.7. The summed E-state index contributed by atoms with van der Waals surface area (Å²) in [7, 11) is 0. The highest BCUT2D eigenvalue weighted by Crippen LogP contribution is 2.31. The van der Waals surface area contributed by atoms with Gasteiger partial charge in [0.1, 0.15) is 5.76 Å². The van der Waals surface area contributed by atoms with Gasteiger partial charge >= 0.3 is 6.18 Å². The van der Waals surface area contributed by atoms with Crippen molar-refractivity contribution in [3.05, 3.63) is 59.5 Å². The molecule has 1 saturated carbocycles. The van der Waals surface area contributed by atoms with Crippen LogP contribution < -0.4 is 5.32 Å². The lowest BCUT2D eigenvalue weighted by Crippen LogP contribution is -2.37. The van der Waals surface area contributed by atoms with Gasteiger partial charge in [0.25, 0.3) is 0 Å². The van der Waals surface area contributed by atoms with Crippen molar-refractivity contribution in [2.24, 2.45) is 0 Å². The Morgan fingerprint density at radius 3 is 2.48 bits per heavy atom. The van der Waals surface area contributed by atoms with Crippen LogP contribution in [0.2, 0.25) is 0 Å². The third-order valence-electron chi connectivity index (χ3n) is 4.12. The van der Waals surface area contributed by atoms with Crippen LogP contribution in [-0.2, 0) is 24.1 Å². The second kappa shape index (κ2) is 7.31. The molecule has 25 heavy (non-hydrogen) atoms. The number of furan rings is 1. The summed E-state index contributed by atoms with van der Waals surface area (Å²) in [6, 6.07) is 8.95. The Bertz CT molecular complexity index is 692. The smallest absolute Gasteiger partial charge is 0.416 e. The molecule has 0 saturated heterocycles. The van der Waals surface area contributed by atoms with Crippen LogP contribution in [0, 0.1) is 0 Å². The number of amides is 1. The molecular formula is C18H19F3N2O2. The van der Waals surface area contributed by atoms with Gasteiger partial charge in [-0.1, -0.05) is 12.1 Å². The molecular weight excluding hydrogens is 333 g/mol. The minimum absolute atomic E-state index is 0.129. The van der Waals surface area contributed by atoms with E-state index >= 15 is 0 Å². The Morgan fingerprint density at radius 2 is 1.92 bits per heavy atom. The van der Waals surface area contributed by atoms with E-state index in [1.807, 2.05) is 4.90 Å². The number of nitrogens with zero attached hydrogens (tertiary/aromatic N) is 1. The van der Waals surface area contributed by atoms with Crippen molar-refractivity contribution in [1.82, 2.24) is 10.2 Å². The zero-order chi connectivity index (χ0) is 17.9. The summed E-state index contributed by atoms with van der Waals surface area (Å²) < 4.78 is 43.0. The monoisotopic (exact) mass is 352 g/mol. The molecule has 0 unspecified atom stereocenters. The molecule has 1 aliphatic rings. The number of nitrogens with one attached hydrogen (secondary N) is 1. The molecule has 2 aromatic rings. The molecule has 0 bridgehead atoms. The summed E-state index contributed by atoms with van der Waals surface area (Å²) in [6.45, 7) is 0.994. The Kier molecular flexibility index (Phi) is 5.13. The van der Waals surface area contributed by atoms with Crippen molar-refractivity contribution < 1.29 is 22.4 Å². The molecule has 1 aliphatic carbocycles. The highest BCUT2D eigenvalue weighted by molar-refractivity contribution is 5.78. The lowest BCUT2D eigenvalue weighted by atomic mass is 10.1. The SMILES string of the molecule is O=C(CN(Cc1ccc(C(F)(F)F)cc1)C1CC1)NCc1ccco1. The third-order valence-corrected chi connectivity index (χ3v) is 4.12. The van der Waals surface area contributed by atoms with Crippen LogP contribution in [0.5, 0.6) is 0 Å². The maximum atomic E-state index is 12.6. The van der Waals surface area contributed by atoms with Gasteiger partial charge in [0, 0.05) is 12.6 Å². The van der Waals surface area contributed by atoms with Gasteiger partial charge in [0.15, 0.2) is 0 Å². The molecule has 4 nitrogen and oxygen atoms in total. The average Bonchev–Trinajstić information content (AvgIpc) is 3.28. The standard InChI is InChI=1S/C18H19F3N2O2/c19-18(20,21)14-5-3-13(4-6-14)11-23(15-7-8-15)12-17(24)22-10-16-2-1-9-25-16/h1-6,9,15H,7-8,10-12H2,(H,22,24). The topological polar surface area (TPSA) is 45.5 Å². The van der Waals surface area contributed by atoms with Crippen LogP contribution in [0.4, 0.5) is 13.2 Å². The molecule has 0 radical (unpaired) electrons. The first-order valence-electron chi connectivity index (χ1n) is 8.11. The fourth-order valence-corrected chi connectivity index (χ4v) is 2.63. The van der Waals surface area contributed by atoms with E-state index < -0.39 is 11.7 Å². The molecule has 1 aromatic carbocycles. The van der Waals surface area contributed by atoms with Gasteiger partial charge < -0.3 is 9.73 Å². The van der Waals surface area contributed by atoms with E-state index in [2.05, 4.69) is 5.32 Å². The van der Waals surface area contributed by atoms with E-state index in [4.69, 9.17) is 4.42 Å². The van der Waals surface area contributed by atoms with Crippen molar-refractivity contribution in [2.45, 2.75) is 38.1 Å². The summed E-state index contributed by atoms with van der Waals surface area (Å²) in [6.07, 6.45) is -0.777. The van der Waals surface area contributed by atoms with Crippen LogP contribution in [0.25, 0.3) is 0 Å². The Hall–Kier alpha value is -2.28. The summed E-state index contributed by atoms with van der Waals surface area (Å²) in [5, 5.41) is 2.79. The number of hydrogen-bond acceptors (Lipinski definition) is 3. The van der Waals surface area contributed by atoms with Gasteiger partial charge in [-0.05, 0) is 42.7 Å². The van der Waals surface area contributed by atoms with Gasteiger partial charge in [-0.25, -0.2) is 0 Å². The van der Waals surface area contributed by atoms with Gasteiger partial charge in [-0.15, -0.1) is 0 Å². The Morgan fingerprint density at radius 1 is 1.20 bits per heavy atom. The zero-order valence-corrected chi connectivity index (χ0v) is 13.6. The van der Waals surface area contributed by atoms with E-state index in [0.717, 1.165) is 30.5 Å². The van der Waals surface area contributed by atoms with E-state index in [1.54, 1.807) is 18.4 Å². The van der Waals surface area contributed by atoms with Gasteiger partial charge in [-0.2, -0.15) is 13.2 Å². The van der Waals surface area contributed by atoms with Gasteiger partial charge in [-0.3, -0.25) is 9.69 Å². The fourth-order valence-electron chi connectivity index (χ4n) is 2.63. The molecule has 0 spiro atoms. The van der Waals surface area contributed by atoms with Crippen molar-refractivity contribution >= 4 is 5.91 Å². The summed E-state index contributed by atoms with van der Waals surface area (Å²) in [4.78, 5) is 14.1. The number of hydrogen-bond donors (Lipinski definition) is 1. The first-order chi connectivity index (χ1) is 11.9. The van der Waals surface area contributed by atoms with Gasteiger partial charge in [0.2, 0.25) is 5.91 Å². The fraction of sp³-hybridized carbons (Fsp3) is 0.389. The number of carbonyl (C=O) groups is 1. The van der Waals surface area contributed by atoms with Gasteiger partial charge in [0.05, 0.1) is 24.9 Å². The van der Waals surface area contributed by atoms with Crippen molar-refractivity contribution in [3.63, 3.8) is 0 Å². The van der Waals surface area contributed by atoms with E-state index in [9.17, 15) is 18.0 Å². The molecule has 1 heterocycles. The summed E-state index contributed by atoms with van der Waals surface area (Å²) in [5.41, 5.74) is 0.101. The van der Waals surface area contributed by atoms with E-state index in [0.29, 0.717) is 24.9 Å². The molecule has 134 valence electrons. The second-order valence-electron chi connectivity index (χ2n) is 6.19.